The van der Waals surface area contributed by atoms with Gasteiger partial charge in [-0.05, 0) is 12.1 Å². The number of amides is 1. The number of rotatable bonds is 4. The SMILES string of the molecule is COc1ccc([C@@H]2NCCNC2=O)c(OC)c1OC. The molecule has 1 saturated heterocycles. The monoisotopic (exact) mass is 266 g/mol. The van der Waals surface area contributed by atoms with Crippen LogP contribution in [-0.2, 0) is 4.79 Å². The van der Waals surface area contributed by atoms with Crippen LogP contribution in [0.15, 0.2) is 12.1 Å². The highest BCUT2D eigenvalue weighted by Gasteiger charge is 2.28. The molecule has 6 nitrogen and oxygen atoms in total. The zero-order valence-electron chi connectivity index (χ0n) is 11.3. The topological polar surface area (TPSA) is 68.8 Å². The van der Waals surface area contributed by atoms with Gasteiger partial charge in [-0.3, -0.25) is 4.79 Å². The zero-order valence-corrected chi connectivity index (χ0v) is 11.3. The van der Waals surface area contributed by atoms with Crippen molar-refractivity contribution in [2.45, 2.75) is 6.04 Å². The molecule has 1 aliphatic heterocycles. The number of hydrogen-bond donors (Lipinski definition) is 2. The minimum Gasteiger partial charge on any atom is -0.493 e. The fourth-order valence-electron chi connectivity index (χ4n) is 2.20. The van der Waals surface area contributed by atoms with Gasteiger partial charge in [0.25, 0.3) is 0 Å². The second-order valence-electron chi connectivity index (χ2n) is 4.10. The lowest BCUT2D eigenvalue weighted by molar-refractivity contribution is -0.124. The molecule has 1 amide bonds. The molecule has 1 fully saturated rings. The molecule has 6 heteroatoms. The Balaban J connectivity index is 2.47. The normalized spacial score (nSPS) is 18.7. The molecule has 0 aliphatic carbocycles. The molecule has 1 aliphatic rings. The van der Waals surface area contributed by atoms with Crippen LogP contribution in [0.3, 0.4) is 0 Å². The van der Waals surface area contributed by atoms with E-state index >= 15 is 0 Å². The third kappa shape index (κ3) is 2.44. The number of methoxy groups -OCH3 is 3. The Bertz CT molecular complexity index is 476. The third-order valence-corrected chi connectivity index (χ3v) is 3.08. The smallest absolute Gasteiger partial charge is 0.241 e. The number of nitrogens with one attached hydrogen (secondary N) is 2. The fraction of sp³-hybridized carbons (Fsp3) is 0.462. The molecule has 0 spiro atoms. The Labute approximate surface area is 112 Å². The number of hydrogen-bond acceptors (Lipinski definition) is 5. The summed E-state index contributed by atoms with van der Waals surface area (Å²) in [5.41, 5.74) is 0.734. The first-order valence-electron chi connectivity index (χ1n) is 6.03. The molecule has 104 valence electrons. The van der Waals surface area contributed by atoms with Crippen LogP contribution in [-0.4, -0.2) is 40.3 Å². The summed E-state index contributed by atoms with van der Waals surface area (Å²) >= 11 is 0. The van der Waals surface area contributed by atoms with Gasteiger partial charge in [0, 0.05) is 18.7 Å². The van der Waals surface area contributed by atoms with E-state index < -0.39 is 6.04 Å². The molecular formula is C13H18N2O4. The first-order chi connectivity index (χ1) is 9.22. The van der Waals surface area contributed by atoms with Crippen molar-refractivity contribution in [1.29, 1.82) is 0 Å². The summed E-state index contributed by atoms with van der Waals surface area (Å²) in [6, 6.07) is 3.13. The molecular weight excluding hydrogens is 248 g/mol. The molecule has 0 saturated carbocycles. The summed E-state index contributed by atoms with van der Waals surface area (Å²) in [5, 5.41) is 5.98. The standard InChI is InChI=1S/C13H18N2O4/c1-17-9-5-4-8(11(18-2)12(9)19-3)10-13(16)15-7-6-14-10/h4-5,10,14H,6-7H2,1-3H3,(H,15,16)/t10-/m0/s1. The lowest BCUT2D eigenvalue weighted by Crippen LogP contribution is -2.47. The van der Waals surface area contributed by atoms with E-state index in [4.69, 9.17) is 14.2 Å². The third-order valence-electron chi connectivity index (χ3n) is 3.08. The summed E-state index contributed by atoms with van der Waals surface area (Å²) in [4.78, 5) is 11.9. The van der Waals surface area contributed by atoms with Crippen molar-refractivity contribution in [2.24, 2.45) is 0 Å². The maximum Gasteiger partial charge on any atom is 0.241 e. The first-order valence-corrected chi connectivity index (χ1v) is 6.03. The van der Waals surface area contributed by atoms with E-state index in [-0.39, 0.29) is 5.91 Å². The predicted octanol–water partition coefficient (Wildman–Crippen LogP) is 0.473. The van der Waals surface area contributed by atoms with Crippen molar-refractivity contribution in [3.05, 3.63) is 17.7 Å². The van der Waals surface area contributed by atoms with E-state index in [1.54, 1.807) is 27.4 Å². The average Bonchev–Trinajstić information content (AvgIpc) is 2.46. The maximum atomic E-state index is 11.9. The molecule has 2 rings (SSSR count). The van der Waals surface area contributed by atoms with Gasteiger partial charge < -0.3 is 24.8 Å². The van der Waals surface area contributed by atoms with E-state index in [1.807, 2.05) is 6.07 Å². The molecule has 19 heavy (non-hydrogen) atoms. The molecule has 1 aromatic carbocycles. The molecule has 1 aromatic rings. The van der Waals surface area contributed by atoms with E-state index in [1.165, 1.54) is 0 Å². The van der Waals surface area contributed by atoms with Crippen LogP contribution >= 0.6 is 0 Å². The minimum absolute atomic E-state index is 0.0724. The molecule has 0 unspecified atom stereocenters. The lowest BCUT2D eigenvalue weighted by atomic mass is 10.0. The second kappa shape index (κ2) is 5.79. The molecule has 0 radical (unpaired) electrons. The molecule has 1 atom stereocenters. The van der Waals surface area contributed by atoms with Crippen molar-refractivity contribution in [3.63, 3.8) is 0 Å². The van der Waals surface area contributed by atoms with Gasteiger partial charge in [-0.15, -0.1) is 0 Å². The van der Waals surface area contributed by atoms with Gasteiger partial charge >= 0.3 is 0 Å². The van der Waals surface area contributed by atoms with Gasteiger partial charge in [0.1, 0.15) is 6.04 Å². The first kappa shape index (κ1) is 13.5. The Morgan fingerprint density at radius 1 is 1.05 bits per heavy atom. The van der Waals surface area contributed by atoms with E-state index in [2.05, 4.69) is 10.6 Å². The van der Waals surface area contributed by atoms with Crippen LogP contribution in [0.4, 0.5) is 0 Å². The molecule has 0 bridgehead atoms. The second-order valence-corrected chi connectivity index (χ2v) is 4.10. The zero-order chi connectivity index (χ0) is 13.8. The average molecular weight is 266 g/mol. The van der Waals surface area contributed by atoms with Gasteiger partial charge in [0.15, 0.2) is 11.5 Å². The Morgan fingerprint density at radius 2 is 1.79 bits per heavy atom. The van der Waals surface area contributed by atoms with Gasteiger partial charge in [-0.2, -0.15) is 0 Å². The van der Waals surface area contributed by atoms with Crippen molar-refractivity contribution in [3.8, 4) is 17.2 Å². The van der Waals surface area contributed by atoms with Crippen LogP contribution in [0.2, 0.25) is 0 Å². The van der Waals surface area contributed by atoms with Crippen molar-refractivity contribution in [1.82, 2.24) is 10.6 Å². The Kier molecular flexibility index (Phi) is 4.11. The van der Waals surface area contributed by atoms with Crippen LogP contribution in [0.25, 0.3) is 0 Å². The highest BCUT2D eigenvalue weighted by molar-refractivity contribution is 5.85. The summed E-state index contributed by atoms with van der Waals surface area (Å²) < 4.78 is 15.9. The van der Waals surface area contributed by atoms with Crippen molar-refractivity contribution in [2.75, 3.05) is 34.4 Å². The fourth-order valence-corrected chi connectivity index (χ4v) is 2.20. The summed E-state index contributed by atoms with van der Waals surface area (Å²) in [5.74, 6) is 1.50. The van der Waals surface area contributed by atoms with Crippen LogP contribution in [0.1, 0.15) is 11.6 Å². The lowest BCUT2D eigenvalue weighted by Gasteiger charge is -2.26. The van der Waals surface area contributed by atoms with Gasteiger partial charge in [0.2, 0.25) is 11.7 Å². The number of piperazine rings is 1. The molecule has 1 heterocycles. The maximum absolute atomic E-state index is 11.9. The number of benzene rings is 1. The summed E-state index contributed by atoms with van der Waals surface area (Å²) in [6.45, 7) is 1.35. The summed E-state index contributed by atoms with van der Waals surface area (Å²) in [7, 11) is 4.64. The van der Waals surface area contributed by atoms with Crippen LogP contribution in [0.5, 0.6) is 17.2 Å². The van der Waals surface area contributed by atoms with E-state index in [9.17, 15) is 4.79 Å². The van der Waals surface area contributed by atoms with Crippen LogP contribution in [0, 0.1) is 0 Å². The molecule has 0 aromatic heterocycles. The van der Waals surface area contributed by atoms with Crippen LogP contribution < -0.4 is 24.8 Å². The van der Waals surface area contributed by atoms with Gasteiger partial charge in [-0.25, -0.2) is 0 Å². The Hall–Kier alpha value is -1.95. The quantitative estimate of drug-likeness (QED) is 0.829. The highest BCUT2D eigenvalue weighted by atomic mass is 16.5. The number of carbonyl (C=O) groups is 1. The predicted molar refractivity (Wildman–Crippen MR) is 69.9 cm³/mol. The molecule has 2 N–H and O–H groups in total. The summed E-state index contributed by atoms with van der Waals surface area (Å²) in [6.07, 6.45) is 0. The van der Waals surface area contributed by atoms with Gasteiger partial charge in [0.05, 0.1) is 21.3 Å². The van der Waals surface area contributed by atoms with E-state index in [0.717, 1.165) is 5.56 Å². The largest absolute Gasteiger partial charge is 0.493 e. The van der Waals surface area contributed by atoms with Gasteiger partial charge in [-0.1, -0.05) is 0 Å². The Morgan fingerprint density at radius 3 is 2.37 bits per heavy atom. The number of ether oxygens (including phenoxy) is 3. The van der Waals surface area contributed by atoms with Crippen molar-refractivity contribution < 1.29 is 19.0 Å². The minimum atomic E-state index is -0.441. The van der Waals surface area contributed by atoms with E-state index in [0.29, 0.717) is 30.3 Å². The highest BCUT2D eigenvalue weighted by Crippen LogP contribution is 2.42. The van der Waals surface area contributed by atoms with Crippen molar-refractivity contribution >= 4 is 5.91 Å². The number of carbonyl (C=O) groups excluding carboxylic acids is 1.